The molecular weight excluding hydrogens is 284 g/mol. The number of amides is 2. The van der Waals surface area contributed by atoms with E-state index in [-0.39, 0.29) is 6.67 Å². The second-order valence-electron chi connectivity index (χ2n) is 4.99. The van der Waals surface area contributed by atoms with Gasteiger partial charge in [0.05, 0.1) is 16.6 Å². The summed E-state index contributed by atoms with van der Waals surface area (Å²) in [7, 11) is 0. The number of hydrogen-bond acceptors (Lipinski definition) is 4. The van der Waals surface area contributed by atoms with Crippen molar-refractivity contribution in [2.24, 2.45) is 0 Å². The van der Waals surface area contributed by atoms with Crippen molar-refractivity contribution in [3.05, 3.63) is 70.2 Å². The highest BCUT2D eigenvalue weighted by molar-refractivity contribution is 6.21. The van der Waals surface area contributed by atoms with Crippen LogP contribution in [-0.2, 0) is 6.67 Å². The van der Waals surface area contributed by atoms with Gasteiger partial charge in [-0.3, -0.25) is 19.1 Å². The molecule has 4 rings (SSSR count). The lowest BCUT2D eigenvalue weighted by atomic mass is 10.1. The van der Waals surface area contributed by atoms with Crippen molar-refractivity contribution in [3.8, 4) is 0 Å². The molecule has 108 valence electrons. The summed E-state index contributed by atoms with van der Waals surface area (Å²) in [5.41, 5.74) is 1.68. The van der Waals surface area contributed by atoms with Gasteiger partial charge in [0.25, 0.3) is 11.8 Å². The van der Waals surface area contributed by atoms with Crippen LogP contribution in [0.3, 0.4) is 0 Å². The summed E-state index contributed by atoms with van der Waals surface area (Å²) >= 11 is 0. The zero-order valence-electron chi connectivity index (χ0n) is 11.4. The topological polar surface area (TPSA) is 72.5 Å². The Bertz CT molecular complexity index is 948. The van der Waals surface area contributed by atoms with Crippen LogP contribution in [0, 0.1) is 0 Å². The van der Waals surface area contributed by atoms with Gasteiger partial charge in [-0.2, -0.15) is 0 Å². The number of imide groups is 1. The maximum absolute atomic E-state index is 12.3. The molecule has 1 aromatic heterocycles. The summed E-state index contributed by atoms with van der Waals surface area (Å²) in [4.78, 5) is 37.7. The minimum Gasteiger partial charge on any atom is -0.408 e. The minimum absolute atomic E-state index is 0.164. The third kappa shape index (κ3) is 1.64. The number of benzene rings is 2. The van der Waals surface area contributed by atoms with Crippen molar-refractivity contribution in [1.82, 2.24) is 9.47 Å². The molecule has 0 fully saturated rings. The Balaban J connectivity index is 1.79. The fourth-order valence-corrected chi connectivity index (χ4v) is 2.66. The average Bonchev–Trinajstić information content (AvgIpc) is 2.98. The standard InChI is InChI=1S/C16H10N2O4/c19-14-10-5-1-2-6-11(10)15(20)18(14)9-17-12-7-3-4-8-13(12)22-16(17)21/h1-8H,9H2. The van der Waals surface area contributed by atoms with E-state index in [2.05, 4.69) is 0 Å². The maximum atomic E-state index is 12.3. The SMILES string of the molecule is O=C1c2ccccc2C(=O)N1Cn1c(=O)oc2ccccc21. The molecule has 2 amide bonds. The minimum atomic E-state index is -0.599. The molecule has 0 saturated carbocycles. The first-order chi connectivity index (χ1) is 10.7. The number of oxazole rings is 1. The van der Waals surface area contributed by atoms with Crippen LogP contribution in [0.2, 0.25) is 0 Å². The highest BCUT2D eigenvalue weighted by atomic mass is 16.4. The summed E-state index contributed by atoms with van der Waals surface area (Å²) < 4.78 is 6.39. The van der Waals surface area contributed by atoms with Crippen LogP contribution in [0.4, 0.5) is 0 Å². The molecule has 0 radical (unpaired) electrons. The van der Waals surface area contributed by atoms with E-state index in [4.69, 9.17) is 4.42 Å². The smallest absolute Gasteiger partial charge is 0.408 e. The molecule has 0 bridgehead atoms. The average molecular weight is 294 g/mol. The quantitative estimate of drug-likeness (QED) is 0.676. The first-order valence-electron chi connectivity index (χ1n) is 6.70. The summed E-state index contributed by atoms with van der Waals surface area (Å²) in [6, 6.07) is 13.5. The van der Waals surface area contributed by atoms with E-state index in [1.165, 1.54) is 4.57 Å². The molecule has 2 aromatic carbocycles. The summed E-state index contributed by atoms with van der Waals surface area (Å²) in [5, 5.41) is 0. The predicted molar refractivity (Wildman–Crippen MR) is 77.4 cm³/mol. The molecular formula is C16H10N2O4. The van der Waals surface area contributed by atoms with Crippen LogP contribution in [0.5, 0.6) is 0 Å². The molecule has 0 unspecified atom stereocenters. The largest absolute Gasteiger partial charge is 0.421 e. The van der Waals surface area contributed by atoms with Gasteiger partial charge in [-0.15, -0.1) is 0 Å². The number of para-hydroxylation sites is 2. The number of carbonyl (C=O) groups is 2. The number of fused-ring (bicyclic) bond motifs is 2. The molecule has 2 heterocycles. The Morgan fingerprint density at radius 2 is 1.41 bits per heavy atom. The molecule has 0 aliphatic carbocycles. The van der Waals surface area contributed by atoms with Crippen LogP contribution in [0.25, 0.3) is 11.1 Å². The molecule has 0 spiro atoms. The monoisotopic (exact) mass is 294 g/mol. The Kier molecular flexibility index (Phi) is 2.53. The van der Waals surface area contributed by atoms with E-state index in [9.17, 15) is 14.4 Å². The third-order valence-corrected chi connectivity index (χ3v) is 3.73. The first kappa shape index (κ1) is 12.6. The maximum Gasteiger partial charge on any atom is 0.421 e. The number of aromatic nitrogens is 1. The molecule has 0 N–H and O–H groups in total. The number of nitrogens with zero attached hydrogens (tertiary/aromatic N) is 2. The van der Waals surface area contributed by atoms with Crippen LogP contribution in [-0.4, -0.2) is 21.3 Å². The fraction of sp³-hybridized carbons (Fsp3) is 0.0625. The van der Waals surface area contributed by atoms with Gasteiger partial charge >= 0.3 is 5.76 Å². The highest BCUT2D eigenvalue weighted by Gasteiger charge is 2.35. The van der Waals surface area contributed by atoms with Gasteiger partial charge in [-0.1, -0.05) is 24.3 Å². The van der Waals surface area contributed by atoms with Crippen LogP contribution in [0.1, 0.15) is 20.7 Å². The summed E-state index contributed by atoms with van der Waals surface area (Å²) in [5.74, 6) is -1.41. The second-order valence-corrected chi connectivity index (χ2v) is 4.99. The number of carbonyl (C=O) groups excluding carboxylic acids is 2. The van der Waals surface area contributed by atoms with Gasteiger partial charge in [0, 0.05) is 0 Å². The predicted octanol–water partition coefficient (Wildman–Crippen LogP) is 1.85. The lowest BCUT2D eigenvalue weighted by molar-refractivity contribution is 0.0604. The molecule has 3 aromatic rings. The van der Waals surface area contributed by atoms with E-state index >= 15 is 0 Å². The van der Waals surface area contributed by atoms with Crippen molar-refractivity contribution < 1.29 is 14.0 Å². The lowest BCUT2D eigenvalue weighted by Gasteiger charge is -2.13. The first-order valence-corrected chi connectivity index (χ1v) is 6.70. The fourth-order valence-electron chi connectivity index (χ4n) is 2.66. The lowest BCUT2D eigenvalue weighted by Crippen LogP contribution is -2.34. The van der Waals surface area contributed by atoms with Gasteiger partial charge in [-0.25, -0.2) is 4.79 Å². The zero-order valence-corrected chi connectivity index (χ0v) is 11.4. The van der Waals surface area contributed by atoms with Gasteiger partial charge in [-0.05, 0) is 24.3 Å². The Morgan fingerprint density at radius 3 is 2.09 bits per heavy atom. The normalized spacial score (nSPS) is 13.9. The van der Waals surface area contributed by atoms with Crippen molar-refractivity contribution in [2.45, 2.75) is 6.67 Å². The Hall–Kier alpha value is -3.15. The van der Waals surface area contributed by atoms with Crippen LogP contribution in [0.15, 0.2) is 57.7 Å². The molecule has 6 heteroatoms. The van der Waals surface area contributed by atoms with E-state index in [0.29, 0.717) is 22.2 Å². The second kappa shape index (κ2) is 4.42. The van der Waals surface area contributed by atoms with Crippen molar-refractivity contribution in [2.75, 3.05) is 0 Å². The summed E-state index contributed by atoms with van der Waals surface area (Å²) in [6.45, 7) is -0.164. The zero-order chi connectivity index (χ0) is 15.3. The van der Waals surface area contributed by atoms with Crippen molar-refractivity contribution in [3.63, 3.8) is 0 Å². The molecule has 0 atom stereocenters. The van der Waals surface area contributed by atoms with E-state index < -0.39 is 17.6 Å². The van der Waals surface area contributed by atoms with Crippen LogP contribution >= 0.6 is 0 Å². The summed E-state index contributed by atoms with van der Waals surface area (Å²) in [6.07, 6.45) is 0. The van der Waals surface area contributed by atoms with Crippen molar-refractivity contribution in [1.29, 1.82) is 0 Å². The molecule has 22 heavy (non-hydrogen) atoms. The Morgan fingerprint density at radius 1 is 0.818 bits per heavy atom. The number of hydrogen-bond donors (Lipinski definition) is 0. The van der Waals surface area contributed by atoms with Gasteiger partial charge in [0.15, 0.2) is 5.58 Å². The van der Waals surface area contributed by atoms with Gasteiger partial charge < -0.3 is 4.42 Å². The van der Waals surface area contributed by atoms with Gasteiger partial charge in [0.1, 0.15) is 6.67 Å². The highest BCUT2D eigenvalue weighted by Crippen LogP contribution is 2.23. The Labute approximate surface area is 124 Å². The third-order valence-electron chi connectivity index (χ3n) is 3.73. The van der Waals surface area contributed by atoms with E-state index in [1.54, 1.807) is 48.5 Å². The van der Waals surface area contributed by atoms with Crippen LogP contribution < -0.4 is 5.76 Å². The molecule has 0 saturated heterocycles. The molecule has 6 nitrogen and oxygen atoms in total. The van der Waals surface area contributed by atoms with Crippen molar-refractivity contribution >= 4 is 22.9 Å². The van der Waals surface area contributed by atoms with E-state index in [0.717, 1.165) is 4.90 Å². The molecule has 1 aliphatic rings. The number of rotatable bonds is 2. The van der Waals surface area contributed by atoms with E-state index in [1.807, 2.05) is 0 Å². The van der Waals surface area contributed by atoms with Gasteiger partial charge in [0.2, 0.25) is 0 Å². The molecule has 1 aliphatic heterocycles.